The lowest BCUT2D eigenvalue weighted by molar-refractivity contribution is 0.00578. The molecule has 0 N–H and O–H groups in total. The van der Waals surface area contributed by atoms with Crippen molar-refractivity contribution in [3.63, 3.8) is 0 Å². The Balaban J connectivity index is 1.68. The van der Waals surface area contributed by atoms with Crippen molar-refractivity contribution in [1.29, 1.82) is 0 Å². The molecule has 2 heterocycles. The van der Waals surface area contributed by atoms with Gasteiger partial charge in [0, 0.05) is 18.0 Å². The summed E-state index contributed by atoms with van der Waals surface area (Å²) in [5.74, 6) is 0. The van der Waals surface area contributed by atoms with Crippen molar-refractivity contribution < 1.29 is 17.7 Å². The lowest BCUT2D eigenvalue weighted by atomic mass is 9.66. The summed E-state index contributed by atoms with van der Waals surface area (Å²) in [5, 5.41) is 0. The van der Waals surface area contributed by atoms with E-state index in [0.717, 1.165) is 24.0 Å². The first-order valence-corrected chi connectivity index (χ1v) is 13.2. The van der Waals surface area contributed by atoms with Crippen LogP contribution in [-0.4, -0.2) is 49.9 Å². The van der Waals surface area contributed by atoms with Crippen molar-refractivity contribution in [1.82, 2.24) is 4.31 Å². The summed E-state index contributed by atoms with van der Waals surface area (Å²) in [4.78, 5) is 0. The van der Waals surface area contributed by atoms with Crippen molar-refractivity contribution >= 4 is 17.1 Å². The summed E-state index contributed by atoms with van der Waals surface area (Å²) in [6, 6.07) is 20.4. The van der Waals surface area contributed by atoms with Gasteiger partial charge < -0.3 is 9.31 Å². The van der Waals surface area contributed by atoms with Crippen LogP contribution in [0, 0.1) is 0 Å². The van der Waals surface area contributed by atoms with Crippen LogP contribution in [0.15, 0.2) is 60.7 Å². The minimum atomic E-state index is -3.44. The molecule has 4 rings (SSSR count). The normalized spacial score (nSPS) is 25.0. The highest BCUT2D eigenvalue weighted by atomic mass is 32.2. The molecule has 2 aliphatic heterocycles. The third kappa shape index (κ3) is 4.28. The third-order valence-corrected chi connectivity index (χ3v) is 8.86. The molecule has 0 amide bonds. The molecule has 0 aromatic heterocycles. The second kappa shape index (κ2) is 8.28. The molecule has 2 aromatic rings. The van der Waals surface area contributed by atoms with Gasteiger partial charge in [0.05, 0.1) is 17.5 Å². The van der Waals surface area contributed by atoms with E-state index >= 15 is 0 Å². The molecule has 2 fully saturated rings. The average molecular weight is 455 g/mol. The Bertz CT molecular complexity index is 985. The van der Waals surface area contributed by atoms with Gasteiger partial charge in [-0.2, -0.15) is 4.31 Å². The van der Waals surface area contributed by atoms with Crippen LogP contribution in [0.1, 0.15) is 51.7 Å². The molecule has 0 radical (unpaired) electrons. The lowest BCUT2D eigenvalue weighted by Crippen LogP contribution is -2.54. The third-order valence-electron chi connectivity index (χ3n) is 7.58. The van der Waals surface area contributed by atoms with Crippen LogP contribution in [0.3, 0.4) is 0 Å². The fraction of sp³-hybridized carbons (Fsp3) is 0.520. The van der Waals surface area contributed by atoms with E-state index in [9.17, 15) is 8.42 Å². The minimum Gasteiger partial charge on any atom is -0.403 e. The molecule has 2 aliphatic rings. The molecule has 0 bridgehead atoms. The maximum atomic E-state index is 13.0. The summed E-state index contributed by atoms with van der Waals surface area (Å²) in [7, 11) is -3.86. The SMILES string of the molecule is CC1(C)OB(CC2CCC(c3ccccc3)(c3ccccc3)CN2S(C)(=O)=O)OC1(C)C. The minimum absolute atomic E-state index is 0.166. The first-order valence-electron chi connectivity index (χ1n) is 11.4. The molecule has 2 saturated heterocycles. The average Bonchev–Trinajstić information content (AvgIpc) is 2.95. The van der Waals surface area contributed by atoms with Crippen LogP contribution in [-0.2, 0) is 24.7 Å². The zero-order chi connectivity index (χ0) is 23.2. The zero-order valence-electron chi connectivity index (χ0n) is 19.7. The maximum Gasteiger partial charge on any atom is 0.459 e. The smallest absolute Gasteiger partial charge is 0.403 e. The van der Waals surface area contributed by atoms with Gasteiger partial charge in [0.15, 0.2) is 0 Å². The molecule has 32 heavy (non-hydrogen) atoms. The molecular formula is C25H34BNO4S. The van der Waals surface area contributed by atoms with Gasteiger partial charge in [-0.15, -0.1) is 0 Å². The predicted molar refractivity (Wildman–Crippen MR) is 129 cm³/mol. The van der Waals surface area contributed by atoms with E-state index in [1.165, 1.54) is 6.26 Å². The molecule has 0 saturated carbocycles. The van der Waals surface area contributed by atoms with Crippen LogP contribution >= 0.6 is 0 Å². The number of rotatable bonds is 5. The van der Waals surface area contributed by atoms with Gasteiger partial charge in [-0.25, -0.2) is 8.42 Å². The molecule has 1 unspecified atom stereocenters. The van der Waals surface area contributed by atoms with E-state index < -0.39 is 33.8 Å². The Labute approximate surface area is 193 Å². The quantitative estimate of drug-likeness (QED) is 0.624. The number of hydrogen-bond acceptors (Lipinski definition) is 4. The first kappa shape index (κ1) is 23.5. The van der Waals surface area contributed by atoms with E-state index in [1.54, 1.807) is 4.31 Å². The summed E-state index contributed by atoms with van der Waals surface area (Å²) < 4.78 is 40.1. The highest BCUT2D eigenvalue weighted by Crippen LogP contribution is 2.45. The number of nitrogens with zero attached hydrogens (tertiary/aromatic N) is 1. The maximum absolute atomic E-state index is 13.0. The highest BCUT2D eigenvalue weighted by molar-refractivity contribution is 7.88. The second-order valence-electron chi connectivity index (χ2n) is 10.2. The Hall–Kier alpha value is -1.67. The van der Waals surface area contributed by atoms with Crippen LogP contribution in [0.4, 0.5) is 0 Å². The van der Waals surface area contributed by atoms with E-state index in [1.807, 2.05) is 64.1 Å². The Morgan fingerprint density at radius 3 is 1.81 bits per heavy atom. The van der Waals surface area contributed by atoms with Crippen LogP contribution in [0.5, 0.6) is 0 Å². The van der Waals surface area contributed by atoms with Crippen molar-refractivity contribution in [3.05, 3.63) is 71.8 Å². The van der Waals surface area contributed by atoms with Crippen molar-refractivity contribution in [2.75, 3.05) is 12.8 Å². The van der Waals surface area contributed by atoms with Crippen LogP contribution in [0.2, 0.25) is 6.32 Å². The summed E-state index contributed by atoms with van der Waals surface area (Å²) in [5.41, 5.74) is 1.04. The summed E-state index contributed by atoms with van der Waals surface area (Å²) in [6.45, 7) is 8.51. The Morgan fingerprint density at radius 2 is 1.38 bits per heavy atom. The fourth-order valence-corrected chi connectivity index (χ4v) is 6.28. The van der Waals surface area contributed by atoms with Gasteiger partial charge in [0.1, 0.15) is 0 Å². The number of sulfonamides is 1. The van der Waals surface area contributed by atoms with Gasteiger partial charge in [0.25, 0.3) is 0 Å². The second-order valence-corrected chi connectivity index (χ2v) is 12.2. The topological polar surface area (TPSA) is 55.8 Å². The monoisotopic (exact) mass is 455 g/mol. The van der Waals surface area contributed by atoms with E-state index in [-0.39, 0.29) is 6.04 Å². The molecule has 172 valence electrons. The molecule has 1 atom stereocenters. The van der Waals surface area contributed by atoms with Crippen LogP contribution in [0.25, 0.3) is 0 Å². The number of benzene rings is 2. The van der Waals surface area contributed by atoms with Gasteiger partial charge in [0.2, 0.25) is 10.0 Å². The lowest BCUT2D eigenvalue weighted by Gasteiger charge is -2.47. The summed E-state index contributed by atoms with van der Waals surface area (Å²) >= 11 is 0. The fourth-order valence-electron chi connectivity index (χ4n) is 5.09. The summed E-state index contributed by atoms with van der Waals surface area (Å²) in [6.07, 6.45) is 3.44. The largest absolute Gasteiger partial charge is 0.459 e. The molecule has 0 spiro atoms. The molecule has 7 heteroatoms. The van der Waals surface area contributed by atoms with Gasteiger partial charge in [-0.1, -0.05) is 60.7 Å². The van der Waals surface area contributed by atoms with Crippen LogP contribution < -0.4 is 0 Å². The highest BCUT2D eigenvalue weighted by Gasteiger charge is 2.53. The Kier molecular flexibility index (Phi) is 6.08. The molecule has 5 nitrogen and oxygen atoms in total. The van der Waals surface area contributed by atoms with Gasteiger partial charge in [-0.05, 0) is 58.0 Å². The zero-order valence-corrected chi connectivity index (χ0v) is 20.6. The van der Waals surface area contributed by atoms with Crippen molar-refractivity contribution in [2.24, 2.45) is 0 Å². The van der Waals surface area contributed by atoms with E-state index in [0.29, 0.717) is 12.9 Å². The van der Waals surface area contributed by atoms with Crippen molar-refractivity contribution in [3.8, 4) is 0 Å². The van der Waals surface area contributed by atoms with E-state index in [4.69, 9.17) is 9.31 Å². The predicted octanol–water partition coefficient (Wildman–Crippen LogP) is 4.49. The van der Waals surface area contributed by atoms with Crippen molar-refractivity contribution in [2.45, 2.75) is 69.5 Å². The molecule has 2 aromatic carbocycles. The van der Waals surface area contributed by atoms with Gasteiger partial charge >= 0.3 is 7.12 Å². The number of hydrogen-bond donors (Lipinski definition) is 0. The molecule has 0 aliphatic carbocycles. The van der Waals surface area contributed by atoms with E-state index in [2.05, 4.69) is 24.3 Å². The standard InChI is InChI=1S/C25H34BNO4S/c1-23(2)24(3,4)31-26(30-23)18-22-16-17-25(19-27(22)32(5,28)29,20-12-8-6-9-13-20)21-14-10-7-11-15-21/h6-15,22H,16-19H2,1-5H3. The Morgan fingerprint density at radius 1 is 0.906 bits per heavy atom. The number of piperidine rings is 1. The molecular weight excluding hydrogens is 421 g/mol. The van der Waals surface area contributed by atoms with Gasteiger partial charge in [-0.3, -0.25) is 0 Å². The first-order chi connectivity index (χ1) is 14.9.